The van der Waals surface area contributed by atoms with E-state index in [0.717, 1.165) is 15.7 Å². The summed E-state index contributed by atoms with van der Waals surface area (Å²) in [7, 11) is 0. The largest absolute Gasteiger partial charge is 0.324 e. The van der Waals surface area contributed by atoms with Gasteiger partial charge in [-0.05, 0) is 64.1 Å². The molecule has 0 aliphatic heterocycles. The Morgan fingerprint density at radius 2 is 2.03 bits per heavy atom. The van der Waals surface area contributed by atoms with Gasteiger partial charge in [0, 0.05) is 4.47 Å². The number of nitrogens with one attached hydrogen (secondary N) is 1. The molecule has 0 unspecified atom stereocenters. The van der Waals surface area contributed by atoms with Gasteiger partial charge in [0.15, 0.2) is 5.16 Å². The maximum atomic E-state index is 13.1. The van der Waals surface area contributed by atoms with E-state index >= 15 is 0 Å². The summed E-state index contributed by atoms with van der Waals surface area (Å²) in [4.78, 5) is 30.2. The van der Waals surface area contributed by atoms with E-state index in [0.29, 0.717) is 21.1 Å². The molecule has 0 bridgehead atoms. The Kier molecular flexibility index (Phi) is 5.84. The molecule has 0 aliphatic carbocycles. The fourth-order valence-corrected chi connectivity index (χ4v) is 4.82. The minimum Gasteiger partial charge on any atom is -0.324 e. The second-order valence-corrected chi connectivity index (χ2v) is 9.04. The second kappa shape index (κ2) is 8.52. The molecular formula is C21H16BrN3O2S2. The summed E-state index contributed by atoms with van der Waals surface area (Å²) in [5.41, 5.74) is 3.02. The first-order chi connectivity index (χ1) is 14.0. The molecule has 1 N–H and O–H groups in total. The molecule has 0 aliphatic rings. The summed E-state index contributed by atoms with van der Waals surface area (Å²) in [5, 5.41) is 5.22. The Morgan fingerprint density at radius 1 is 1.21 bits per heavy atom. The predicted octanol–water partition coefficient (Wildman–Crippen LogP) is 5.25. The van der Waals surface area contributed by atoms with Crippen LogP contribution in [-0.4, -0.2) is 21.2 Å². The Bertz CT molecular complexity index is 1270. The van der Waals surface area contributed by atoms with Gasteiger partial charge in [-0.25, -0.2) is 4.98 Å². The number of thiophene rings is 1. The van der Waals surface area contributed by atoms with Crippen molar-refractivity contribution < 1.29 is 4.79 Å². The van der Waals surface area contributed by atoms with Gasteiger partial charge in [0.05, 0.1) is 22.6 Å². The van der Waals surface area contributed by atoms with Crippen LogP contribution in [0, 0.1) is 6.92 Å². The van der Waals surface area contributed by atoms with Crippen LogP contribution in [0.5, 0.6) is 0 Å². The number of hydrogen-bond donors (Lipinski definition) is 1. The van der Waals surface area contributed by atoms with E-state index in [2.05, 4.69) is 26.2 Å². The summed E-state index contributed by atoms with van der Waals surface area (Å²) in [5.74, 6) is -0.0350. The number of benzene rings is 2. The third kappa shape index (κ3) is 4.29. The molecule has 4 aromatic rings. The lowest BCUT2D eigenvalue weighted by Crippen LogP contribution is -2.22. The molecule has 2 aromatic heterocycles. The number of carbonyl (C=O) groups is 1. The molecule has 5 nitrogen and oxygen atoms in total. The topological polar surface area (TPSA) is 64.0 Å². The van der Waals surface area contributed by atoms with Crippen molar-refractivity contribution in [1.82, 2.24) is 9.55 Å². The number of halogens is 1. The van der Waals surface area contributed by atoms with E-state index in [-0.39, 0.29) is 17.2 Å². The van der Waals surface area contributed by atoms with E-state index in [1.165, 1.54) is 23.1 Å². The summed E-state index contributed by atoms with van der Waals surface area (Å²) >= 11 is 6.04. The molecule has 29 heavy (non-hydrogen) atoms. The van der Waals surface area contributed by atoms with E-state index in [9.17, 15) is 9.59 Å². The van der Waals surface area contributed by atoms with Gasteiger partial charge in [0.2, 0.25) is 5.91 Å². The monoisotopic (exact) mass is 485 g/mol. The van der Waals surface area contributed by atoms with Crippen LogP contribution in [0.1, 0.15) is 5.56 Å². The van der Waals surface area contributed by atoms with Crippen molar-refractivity contribution >= 4 is 60.8 Å². The smallest absolute Gasteiger partial charge is 0.276 e. The SMILES string of the molecule is Cc1cccc(-n2c(SCC(=O)Nc3ccccc3Br)nc3ccsc3c2=O)c1. The van der Waals surface area contributed by atoms with Gasteiger partial charge in [-0.2, -0.15) is 0 Å². The van der Waals surface area contributed by atoms with Gasteiger partial charge in [-0.1, -0.05) is 36.0 Å². The zero-order valence-corrected chi connectivity index (χ0v) is 18.6. The maximum Gasteiger partial charge on any atom is 0.276 e. The maximum absolute atomic E-state index is 13.1. The number of amides is 1. The number of nitrogens with zero attached hydrogens (tertiary/aromatic N) is 2. The lowest BCUT2D eigenvalue weighted by atomic mass is 10.2. The van der Waals surface area contributed by atoms with Crippen molar-refractivity contribution in [3.05, 3.63) is 80.4 Å². The van der Waals surface area contributed by atoms with Crippen LogP contribution < -0.4 is 10.9 Å². The Morgan fingerprint density at radius 3 is 2.83 bits per heavy atom. The standard InChI is InChI=1S/C21H16BrN3O2S2/c1-13-5-4-6-14(11-13)25-20(27)19-17(9-10-28-19)24-21(25)29-12-18(26)23-16-8-3-2-7-15(16)22/h2-11H,12H2,1H3,(H,23,26). The van der Waals surface area contributed by atoms with E-state index in [1.54, 1.807) is 4.57 Å². The summed E-state index contributed by atoms with van der Waals surface area (Å²) in [6, 6.07) is 17.0. The van der Waals surface area contributed by atoms with Crippen molar-refractivity contribution in [2.24, 2.45) is 0 Å². The summed E-state index contributed by atoms with van der Waals surface area (Å²) < 4.78 is 3.00. The molecule has 1 amide bonds. The number of aromatic nitrogens is 2. The van der Waals surface area contributed by atoms with Gasteiger partial charge >= 0.3 is 0 Å². The van der Waals surface area contributed by atoms with Gasteiger partial charge in [-0.15, -0.1) is 11.3 Å². The molecule has 2 aromatic carbocycles. The number of thioether (sulfide) groups is 1. The van der Waals surface area contributed by atoms with Crippen molar-refractivity contribution in [1.29, 1.82) is 0 Å². The van der Waals surface area contributed by atoms with Crippen molar-refractivity contribution in [3.8, 4) is 5.69 Å². The molecular weight excluding hydrogens is 470 g/mol. The van der Waals surface area contributed by atoms with E-state index < -0.39 is 0 Å². The lowest BCUT2D eigenvalue weighted by Gasteiger charge is -2.13. The minimum atomic E-state index is -0.169. The van der Waals surface area contributed by atoms with Crippen LogP contribution in [0.15, 0.2) is 74.4 Å². The first kappa shape index (κ1) is 19.9. The zero-order valence-electron chi connectivity index (χ0n) is 15.4. The van der Waals surface area contributed by atoms with Crippen LogP contribution in [0.4, 0.5) is 5.69 Å². The van der Waals surface area contributed by atoms with Crippen LogP contribution in [0.25, 0.3) is 15.9 Å². The van der Waals surface area contributed by atoms with Gasteiger partial charge < -0.3 is 5.32 Å². The number of anilines is 1. The Hall–Kier alpha value is -2.42. The van der Waals surface area contributed by atoms with Crippen molar-refractivity contribution in [2.45, 2.75) is 12.1 Å². The predicted molar refractivity (Wildman–Crippen MR) is 123 cm³/mol. The molecule has 2 heterocycles. The first-order valence-electron chi connectivity index (χ1n) is 8.77. The number of aryl methyl sites for hydroxylation is 1. The highest BCUT2D eigenvalue weighted by Crippen LogP contribution is 2.25. The molecule has 0 saturated carbocycles. The molecule has 8 heteroatoms. The number of rotatable bonds is 5. The number of carbonyl (C=O) groups excluding carboxylic acids is 1. The Balaban J connectivity index is 1.66. The third-order valence-electron chi connectivity index (χ3n) is 4.19. The normalized spacial score (nSPS) is 11.0. The fraction of sp³-hybridized carbons (Fsp3) is 0.0952. The van der Waals surface area contributed by atoms with Gasteiger partial charge in [0.1, 0.15) is 4.70 Å². The lowest BCUT2D eigenvalue weighted by molar-refractivity contribution is -0.113. The van der Waals surface area contributed by atoms with Crippen LogP contribution in [-0.2, 0) is 4.79 Å². The number of fused-ring (bicyclic) bond motifs is 1. The molecule has 0 fully saturated rings. The molecule has 0 saturated heterocycles. The van der Waals surface area contributed by atoms with Crippen LogP contribution in [0.3, 0.4) is 0 Å². The van der Waals surface area contributed by atoms with Crippen LogP contribution >= 0.6 is 39.0 Å². The molecule has 0 spiro atoms. The average Bonchev–Trinajstić information content (AvgIpc) is 3.17. The molecule has 0 atom stereocenters. The first-order valence-corrected chi connectivity index (χ1v) is 11.4. The number of para-hydroxylation sites is 1. The van der Waals surface area contributed by atoms with Crippen molar-refractivity contribution in [3.63, 3.8) is 0 Å². The zero-order chi connectivity index (χ0) is 20.4. The van der Waals surface area contributed by atoms with Gasteiger partial charge in [0.25, 0.3) is 5.56 Å². The highest BCUT2D eigenvalue weighted by molar-refractivity contribution is 9.10. The van der Waals surface area contributed by atoms with Crippen LogP contribution in [0.2, 0.25) is 0 Å². The van der Waals surface area contributed by atoms with E-state index in [4.69, 9.17) is 0 Å². The molecule has 0 radical (unpaired) electrons. The second-order valence-electron chi connectivity index (χ2n) is 6.33. The molecule has 4 rings (SSSR count). The third-order valence-corrected chi connectivity index (χ3v) is 6.71. The highest BCUT2D eigenvalue weighted by atomic mass is 79.9. The summed E-state index contributed by atoms with van der Waals surface area (Å²) in [6.07, 6.45) is 0. The van der Waals surface area contributed by atoms with E-state index in [1.807, 2.05) is 66.9 Å². The molecule has 146 valence electrons. The minimum absolute atomic E-state index is 0.121. The summed E-state index contributed by atoms with van der Waals surface area (Å²) in [6.45, 7) is 1.98. The average molecular weight is 486 g/mol. The number of hydrogen-bond acceptors (Lipinski definition) is 5. The highest BCUT2D eigenvalue weighted by Gasteiger charge is 2.16. The fourth-order valence-electron chi connectivity index (χ4n) is 2.86. The van der Waals surface area contributed by atoms with Crippen molar-refractivity contribution in [2.75, 3.05) is 11.1 Å². The van der Waals surface area contributed by atoms with Gasteiger partial charge in [-0.3, -0.25) is 14.2 Å². The quantitative estimate of drug-likeness (QED) is 0.309. The Labute approximate surface area is 183 Å².